The molecule has 1 fully saturated rings. The van der Waals surface area contributed by atoms with Crippen molar-refractivity contribution < 1.29 is 18.8 Å². The molecule has 1 N–H and O–H groups in total. The molecule has 37 heavy (non-hydrogen) atoms. The van der Waals surface area contributed by atoms with E-state index in [0.29, 0.717) is 35.7 Å². The highest BCUT2D eigenvalue weighted by molar-refractivity contribution is 5.79. The van der Waals surface area contributed by atoms with Gasteiger partial charge < -0.3 is 19.3 Å². The van der Waals surface area contributed by atoms with E-state index in [1.807, 2.05) is 18.2 Å². The van der Waals surface area contributed by atoms with Crippen molar-refractivity contribution in [3.8, 4) is 22.9 Å². The maximum atomic E-state index is 13.2. The summed E-state index contributed by atoms with van der Waals surface area (Å²) >= 11 is 0. The molecule has 0 radical (unpaired) electrons. The zero-order valence-electron chi connectivity index (χ0n) is 22.7. The summed E-state index contributed by atoms with van der Waals surface area (Å²) in [6.45, 7) is 10.7. The molecule has 1 amide bonds. The summed E-state index contributed by atoms with van der Waals surface area (Å²) in [4.78, 5) is 20.0. The van der Waals surface area contributed by atoms with Gasteiger partial charge in [0.25, 0.3) is 0 Å². The summed E-state index contributed by atoms with van der Waals surface area (Å²) in [6.07, 6.45) is 1.61. The summed E-state index contributed by atoms with van der Waals surface area (Å²) < 4.78 is 16.2. The first kappa shape index (κ1) is 26.7. The molecule has 1 atom stereocenters. The Morgan fingerprint density at radius 2 is 1.81 bits per heavy atom. The highest BCUT2D eigenvalue weighted by Gasteiger charge is 2.29. The maximum absolute atomic E-state index is 13.2. The van der Waals surface area contributed by atoms with Crippen molar-refractivity contribution >= 4 is 5.91 Å². The Bertz CT molecular complexity index is 1210. The Hall–Kier alpha value is -3.39. The summed E-state index contributed by atoms with van der Waals surface area (Å²) in [5.74, 6) is 2.79. The summed E-state index contributed by atoms with van der Waals surface area (Å²) in [7, 11) is 3.20. The molecule has 0 aliphatic carbocycles. The maximum Gasteiger partial charge on any atom is 0.241 e. The molecule has 1 aromatic heterocycles. The second-order valence-electron chi connectivity index (χ2n) is 10.2. The molecule has 1 aliphatic heterocycles. The fraction of sp³-hybridized carbons (Fsp3) is 0.483. The van der Waals surface area contributed by atoms with Crippen LogP contribution in [-0.4, -0.2) is 48.3 Å². The van der Waals surface area contributed by atoms with E-state index in [4.69, 9.17) is 14.0 Å². The van der Waals surface area contributed by atoms with Crippen LogP contribution in [0.3, 0.4) is 0 Å². The molecular weight excluding hydrogens is 468 g/mol. The SMILES string of the molecule is COc1ccc(-c2noc(CN3CCC(C(=O)NC(c4ccc(C)cc4C)C(C)C)CC3)n2)cc1OC. The summed E-state index contributed by atoms with van der Waals surface area (Å²) in [5.41, 5.74) is 4.46. The van der Waals surface area contributed by atoms with Crippen LogP contribution >= 0.6 is 0 Å². The third-order valence-corrected chi connectivity index (χ3v) is 7.15. The average molecular weight is 507 g/mol. The Balaban J connectivity index is 1.33. The zero-order chi connectivity index (χ0) is 26.5. The van der Waals surface area contributed by atoms with Gasteiger partial charge in [0.2, 0.25) is 17.6 Å². The van der Waals surface area contributed by atoms with E-state index >= 15 is 0 Å². The number of benzene rings is 2. The number of amides is 1. The number of carbonyl (C=O) groups is 1. The first-order chi connectivity index (χ1) is 17.8. The van der Waals surface area contributed by atoms with Gasteiger partial charge >= 0.3 is 0 Å². The lowest BCUT2D eigenvalue weighted by molar-refractivity contribution is -0.127. The van der Waals surface area contributed by atoms with Gasteiger partial charge in [-0.05, 0) is 75.0 Å². The number of likely N-dealkylation sites (tertiary alicyclic amines) is 1. The molecule has 8 heteroatoms. The number of piperidine rings is 1. The van der Waals surface area contributed by atoms with Crippen molar-refractivity contribution in [1.82, 2.24) is 20.4 Å². The Kier molecular flexibility index (Phi) is 8.48. The van der Waals surface area contributed by atoms with Crippen molar-refractivity contribution in [2.45, 2.75) is 53.1 Å². The van der Waals surface area contributed by atoms with Gasteiger partial charge in [-0.3, -0.25) is 9.69 Å². The third kappa shape index (κ3) is 6.31. The number of nitrogens with zero attached hydrogens (tertiary/aromatic N) is 3. The number of rotatable bonds is 9. The molecule has 1 aliphatic rings. The number of carbonyl (C=O) groups excluding carboxylic acids is 1. The summed E-state index contributed by atoms with van der Waals surface area (Å²) in [5, 5.41) is 7.49. The van der Waals surface area contributed by atoms with Crippen molar-refractivity contribution in [2.24, 2.45) is 11.8 Å². The van der Waals surface area contributed by atoms with Crippen molar-refractivity contribution in [3.63, 3.8) is 0 Å². The van der Waals surface area contributed by atoms with Crippen LogP contribution in [0, 0.1) is 25.7 Å². The van der Waals surface area contributed by atoms with Crippen LogP contribution < -0.4 is 14.8 Å². The van der Waals surface area contributed by atoms with Crippen LogP contribution in [-0.2, 0) is 11.3 Å². The lowest BCUT2D eigenvalue weighted by atomic mass is 9.90. The third-order valence-electron chi connectivity index (χ3n) is 7.15. The van der Waals surface area contributed by atoms with Gasteiger partial charge in [0.05, 0.1) is 26.8 Å². The van der Waals surface area contributed by atoms with Crippen molar-refractivity contribution in [1.29, 1.82) is 0 Å². The minimum absolute atomic E-state index is 0.00765. The van der Waals surface area contributed by atoms with Crippen LogP contribution in [0.2, 0.25) is 0 Å². The second kappa shape index (κ2) is 11.8. The van der Waals surface area contributed by atoms with Crippen LogP contribution in [0.4, 0.5) is 0 Å². The van der Waals surface area contributed by atoms with Gasteiger partial charge in [-0.1, -0.05) is 42.8 Å². The number of aromatic nitrogens is 2. The molecule has 8 nitrogen and oxygen atoms in total. The molecule has 1 saturated heterocycles. The molecule has 198 valence electrons. The lowest BCUT2D eigenvalue weighted by Gasteiger charge is -2.32. The van der Waals surface area contributed by atoms with E-state index < -0.39 is 0 Å². The van der Waals surface area contributed by atoms with E-state index in [2.05, 4.69) is 66.3 Å². The minimum atomic E-state index is 0.00765. The van der Waals surface area contributed by atoms with E-state index in [1.165, 1.54) is 16.7 Å². The summed E-state index contributed by atoms with van der Waals surface area (Å²) in [6, 6.07) is 12.0. The normalized spacial score (nSPS) is 15.5. The van der Waals surface area contributed by atoms with Crippen LogP contribution in [0.15, 0.2) is 40.9 Å². The number of hydrogen-bond donors (Lipinski definition) is 1. The molecule has 2 aromatic carbocycles. The number of ether oxygens (including phenoxy) is 2. The molecule has 4 rings (SSSR count). The number of nitrogens with one attached hydrogen (secondary N) is 1. The molecular formula is C29H38N4O4. The minimum Gasteiger partial charge on any atom is -0.493 e. The molecule has 3 aromatic rings. The molecule has 0 bridgehead atoms. The highest BCUT2D eigenvalue weighted by Crippen LogP contribution is 2.31. The topological polar surface area (TPSA) is 89.7 Å². The van der Waals surface area contributed by atoms with Crippen LogP contribution in [0.1, 0.15) is 55.3 Å². The zero-order valence-corrected chi connectivity index (χ0v) is 22.7. The monoisotopic (exact) mass is 506 g/mol. The quantitative estimate of drug-likeness (QED) is 0.432. The number of hydrogen-bond acceptors (Lipinski definition) is 7. The highest BCUT2D eigenvalue weighted by atomic mass is 16.5. The van der Waals surface area contributed by atoms with Crippen molar-refractivity contribution in [3.05, 3.63) is 59.0 Å². The molecule has 0 saturated carbocycles. The van der Waals surface area contributed by atoms with E-state index in [0.717, 1.165) is 31.5 Å². The largest absolute Gasteiger partial charge is 0.493 e. The van der Waals surface area contributed by atoms with Crippen LogP contribution in [0.25, 0.3) is 11.4 Å². The Morgan fingerprint density at radius 3 is 2.46 bits per heavy atom. The van der Waals surface area contributed by atoms with Gasteiger partial charge in [-0.25, -0.2) is 0 Å². The predicted octanol–water partition coefficient (Wildman–Crippen LogP) is 5.10. The number of methoxy groups -OCH3 is 2. The van der Waals surface area contributed by atoms with Crippen molar-refractivity contribution in [2.75, 3.05) is 27.3 Å². The lowest BCUT2D eigenvalue weighted by Crippen LogP contribution is -2.42. The van der Waals surface area contributed by atoms with Gasteiger partial charge in [0.15, 0.2) is 11.5 Å². The van der Waals surface area contributed by atoms with Gasteiger partial charge in [-0.2, -0.15) is 4.98 Å². The molecule has 2 heterocycles. The predicted molar refractivity (Wildman–Crippen MR) is 142 cm³/mol. The molecule has 0 spiro atoms. The Labute approximate surface area is 219 Å². The number of aryl methyl sites for hydroxylation is 2. The van der Waals surface area contributed by atoms with Crippen LogP contribution in [0.5, 0.6) is 11.5 Å². The second-order valence-corrected chi connectivity index (χ2v) is 10.2. The van der Waals surface area contributed by atoms with Gasteiger partial charge in [0, 0.05) is 11.5 Å². The van der Waals surface area contributed by atoms with Gasteiger partial charge in [0.1, 0.15) is 0 Å². The standard InChI is InChI=1S/C29H38N4O4/c1-18(2)27(23-9-7-19(3)15-20(23)4)31-29(34)21-11-13-33(14-12-21)17-26-30-28(32-37-26)22-8-10-24(35-5)25(16-22)36-6/h7-10,15-16,18,21,27H,11-14,17H2,1-6H3,(H,31,34). The fourth-order valence-electron chi connectivity index (χ4n) is 5.01. The first-order valence-electron chi connectivity index (χ1n) is 12.9. The van der Waals surface area contributed by atoms with E-state index in [-0.39, 0.29) is 17.9 Å². The average Bonchev–Trinajstić information content (AvgIpc) is 3.36. The molecule has 1 unspecified atom stereocenters. The van der Waals surface area contributed by atoms with E-state index in [1.54, 1.807) is 14.2 Å². The van der Waals surface area contributed by atoms with Gasteiger partial charge in [-0.15, -0.1) is 0 Å². The van der Waals surface area contributed by atoms with E-state index in [9.17, 15) is 4.79 Å². The Morgan fingerprint density at radius 1 is 1.08 bits per heavy atom. The fourth-order valence-corrected chi connectivity index (χ4v) is 5.01. The first-order valence-corrected chi connectivity index (χ1v) is 12.9. The smallest absolute Gasteiger partial charge is 0.241 e.